The van der Waals surface area contributed by atoms with Crippen LogP contribution in [0.1, 0.15) is 194 Å². The first-order valence-corrected chi connectivity index (χ1v) is 26.6. The minimum atomic E-state index is -1.77. The zero-order valence-electron chi connectivity index (χ0n) is 41.8. The summed E-state index contributed by atoms with van der Waals surface area (Å²) in [4.78, 5) is 25.8. The summed E-state index contributed by atoms with van der Waals surface area (Å²) in [6, 6.07) is 0. The van der Waals surface area contributed by atoms with Gasteiger partial charge in [-0.15, -0.1) is 0 Å². The normalized spacial score (nSPS) is 26.0. The van der Waals surface area contributed by atoms with Crippen molar-refractivity contribution >= 4 is 11.9 Å². The minimum absolute atomic E-state index is 0.147. The quantitative estimate of drug-likeness (QED) is 0.0135. The van der Waals surface area contributed by atoms with E-state index >= 15 is 0 Å². The van der Waals surface area contributed by atoms with Gasteiger partial charge in [0.05, 0.1) is 19.8 Å². The van der Waals surface area contributed by atoms with Gasteiger partial charge in [-0.25, -0.2) is 0 Å². The number of hydrogen-bond donors (Lipinski definition) is 7. The van der Waals surface area contributed by atoms with E-state index in [0.717, 1.165) is 64.2 Å². The van der Waals surface area contributed by atoms with Gasteiger partial charge in [-0.3, -0.25) is 9.59 Å². The van der Waals surface area contributed by atoms with Gasteiger partial charge in [-0.1, -0.05) is 153 Å². The van der Waals surface area contributed by atoms with E-state index in [0.29, 0.717) is 12.8 Å². The summed E-state index contributed by atoms with van der Waals surface area (Å²) in [5.74, 6) is -0.945. The van der Waals surface area contributed by atoms with Crippen LogP contribution in [0.3, 0.4) is 0 Å². The molecule has 7 N–H and O–H groups in total. The monoisotopic (exact) mass is 971 g/mol. The summed E-state index contributed by atoms with van der Waals surface area (Å²) in [7, 11) is 0. The van der Waals surface area contributed by atoms with Crippen LogP contribution in [0.25, 0.3) is 0 Å². The highest BCUT2D eigenvalue weighted by atomic mass is 16.7. The van der Waals surface area contributed by atoms with Crippen LogP contribution in [-0.4, -0.2) is 142 Å². The Balaban J connectivity index is 1.80. The smallest absolute Gasteiger partial charge is 0.306 e. The van der Waals surface area contributed by atoms with Gasteiger partial charge >= 0.3 is 11.9 Å². The van der Waals surface area contributed by atoms with E-state index in [9.17, 15) is 45.3 Å². The predicted octanol–water partition coefficient (Wildman–Crippen LogP) is 7.71. The summed E-state index contributed by atoms with van der Waals surface area (Å²) in [5, 5.41) is 72.1. The lowest BCUT2D eigenvalue weighted by Gasteiger charge is -2.42. The van der Waals surface area contributed by atoms with E-state index in [2.05, 4.69) is 50.3 Å². The highest BCUT2D eigenvalue weighted by Crippen LogP contribution is 2.26. The standard InChI is InChI=1S/C53H94O15/c1-3-5-7-9-11-13-15-17-19-20-22-23-25-27-29-31-33-35-44(55)63-38-41(66-45(56)36-34-32-30-28-26-24-21-18-16-14-12-10-8-6-4-2)39-64-52-51(62)49(60)47(58)43(68-52)40-65-53-50(61)48(59)46(57)42(37-54)67-53/h14,16-19,21,41-43,46-54,57-62H,3-13,15,20,22-40H2,1-2H3/b16-14+,19-17+,21-18+/t41-,42+,43+,46-,47-,48?,49?,50?,51?,52+,53+/m0/s1. The van der Waals surface area contributed by atoms with Gasteiger partial charge in [-0.05, 0) is 64.2 Å². The second kappa shape index (κ2) is 40.3. The van der Waals surface area contributed by atoms with Crippen molar-refractivity contribution in [2.75, 3.05) is 26.4 Å². The van der Waals surface area contributed by atoms with Crippen LogP contribution in [0, 0.1) is 0 Å². The first-order chi connectivity index (χ1) is 33.0. The molecule has 2 aliphatic rings. The van der Waals surface area contributed by atoms with E-state index in [1.165, 1.54) is 89.9 Å². The molecule has 15 heteroatoms. The van der Waals surface area contributed by atoms with Gasteiger partial charge in [0.15, 0.2) is 18.7 Å². The number of ether oxygens (including phenoxy) is 6. The molecule has 0 saturated carbocycles. The molecule has 4 unspecified atom stereocenters. The molecule has 0 bridgehead atoms. The zero-order chi connectivity index (χ0) is 49.6. The topological polar surface area (TPSA) is 231 Å². The molecule has 0 amide bonds. The van der Waals surface area contributed by atoms with Gasteiger partial charge < -0.3 is 64.2 Å². The summed E-state index contributed by atoms with van der Waals surface area (Å²) in [6.45, 7) is 2.55. The highest BCUT2D eigenvalue weighted by Gasteiger charge is 2.47. The molecular formula is C53H94O15. The molecule has 2 aliphatic heterocycles. The Hall–Kier alpha value is -2.28. The Kier molecular flexibility index (Phi) is 36.7. The molecule has 396 valence electrons. The van der Waals surface area contributed by atoms with Gasteiger partial charge in [0.25, 0.3) is 0 Å². The van der Waals surface area contributed by atoms with E-state index in [1.54, 1.807) is 0 Å². The fraction of sp³-hybridized carbons (Fsp3) is 0.849. The van der Waals surface area contributed by atoms with Gasteiger partial charge in [0.1, 0.15) is 55.4 Å². The fourth-order valence-corrected chi connectivity index (χ4v) is 8.20. The maximum absolute atomic E-state index is 13.0. The lowest BCUT2D eigenvalue weighted by atomic mass is 9.98. The van der Waals surface area contributed by atoms with Crippen molar-refractivity contribution < 1.29 is 73.8 Å². The van der Waals surface area contributed by atoms with E-state index in [-0.39, 0.29) is 26.1 Å². The molecule has 2 rings (SSSR count). The van der Waals surface area contributed by atoms with Gasteiger partial charge in [0.2, 0.25) is 0 Å². The first-order valence-electron chi connectivity index (χ1n) is 26.6. The van der Waals surface area contributed by atoms with Gasteiger partial charge in [-0.2, -0.15) is 0 Å². The number of aliphatic hydroxyl groups excluding tert-OH is 7. The molecule has 0 aromatic heterocycles. The second-order valence-corrected chi connectivity index (χ2v) is 18.7. The average Bonchev–Trinajstić information content (AvgIpc) is 3.33. The summed E-state index contributed by atoms with van der Waals surface area (Å²) < 4.78 is 33.6. The van der Waals surface area contributed by atoms with Crippen LogP contribution >= 0.6 is 0 Å². The third kappa shape index (κ3) is 27.9. The predicted molar refractivity (Wildman–Crippen MR) is 261 cm³/mol. The second-order valence-electron chi connectivity index (χ2n) is 18.7. The number of rotatable bonds is 41. The molecule has 2 fully saturated rings. The lowest BCUT2D eigenvalue weighted by Crippen LogP contribution is -2.61. The first kappa shape index (κ1) is 61.8. The Labute approximate surface area is 408 Å². The van der Waals surface area contributed by atoms with Crippen molar-refractivity contribution in [2.24, 2.45) is 0 Å². The number of allylic oxidation sites excluding steroid dienone is 6. The fourth-order valence-electron chi connectivity index (χ4n) is 8.20. The molecule has 15 nitrogen and oxygen atoms in total. The molecule has 0 radical (unpaired) electrons. The minimum Gasteiger partial charge on any atom is -0.462 e. The molecule has 68 heavy (non-hydrogen) atoms. The summed E-state index contributed by atoms with van der Waals surface area (Å²) in [6.07, 6.45) is 25.9. The number of aliphatic hydroxyl groups is 7. The number of carbonyl (C=O) groups is 2. The Bertz CT molecular complexity index is 1330. The maximum atomic E-state index is 13.0. The Morgan fingerprint density at radius 1 is 0.471 bits per heavy atom. The third-order valence-electron chi connectivity index (χ3n) is 12.6. The maximum Gasteiger partial charge on any atom is 0.306 e. The molecule has 0 spiro atoms. The molecule has 11 atom stereocenters. The number of carbonyl (C=O) groups excluding carboxylic acids is 2. The van der Waals surface area contributed by atoms with Crippen LogP contribution in [0.15, 0.2) is 36.5 Å². The van der Waals surface area contributed by atoms with E-state index < -0.39 is 92.7 Å². The number of esters is 2. The van der Waals surface area contributed by atoms with Crippen molar-refractivity contribution in [3.05, 3.63) is 36.5 Å². The van der Waals surface area contributed by atoms with Crippen LogP contribution in [0.5, 0.6) is 0 Å². The van der Waals surface area contributed by atoms with Crippen LogP contribution < -0.4 is 0 Å². The van der Waals surface area contributed by atoms with E-state index in [1.807, 2.05) is 0 Å². The van der Waals surface area contributed by atoms with Crippen molar-refractivity contribution in [1.82, 2.24) is 0 Å². The number of hydrogen-bond acceptors (Lipinski definition) is 15. The Morgan fingerprint density at radius 2 is 0.882 bits per heavy atom. The van der Waals surface area contributed by atoms with Crippen molar-refractivity contribution in [3.63, 3.8) is 0 Å². The molecule has 2 saturated heterocycles. The largest absolute Gasteiger partial charge is 0.462 e. The average molecular weight is 971 g/mol. The zero-order valence-corrected chi connectivity index (χ0v) is 41.8. The highest BCUT2D eigenvalue weighted by molar-refractivity contribution is 5.70. The van der Waals surface area contributed by atoms with Crippen LogP contribution in [0.4, 0.5) is 0 Å². The number of unbranched alkanes of at least 4 members (excludes halogenated alkanes) is 22. The van der Waals surface area contributed by atoms with Crippen molar-refractivity contribution in [3.8, 4) is 0 Å². The molecule has 2 heterocycles. The lowest BCUT2D eigenvalue weighted by molar-refractivity contribution is -0.332. The van der Waals surface area contributed by atoms with Crippen LogP contribution in [0.2, 0.25) is 0 Å². The third-order valence-corrected chi connectivity index (χ3v) is 12.6. The van der Waals surface area contributed by atoms with E-state index in [4.69, 9.17) is 28.4 Å². The molecule has 0 aromatic rings. The summed E-state index contributed by atoms with van der Waals surface area (Å²) >= 11 is 0. The van der Waals surface area contributed by atoms with Gasteiger partial charge in [0, 0.05) is 12.8 Å². The van der Waals surface area contributed by atoms with Crippen molar-refractivity contribution in [1.29, 1.82) is 0 Å². The Morgan fingerprint density at radius 3 is 1.40 bits per heavy atom. The molecule has 0 aromatic carbocycles. The molecular weight excluding hydrogens is 877 g/mol. The summed E-state index contributed by atoms with van der Waals surface area (Å²) in [5.41, 5.74) is 0. The van der Waals surface area contributed by atoms with Crippen molar-refractivity contribution in [2.45, 2.75) is 261 Å². The molecule has 0 aliphatic carbocycles. The SMILES string of the molecule is CCCCCC/C=C/C=C/CCCCCCCC(=O)O[C@@H](COC(=O)CCCCCCCCC/C=C/CCCCCCCC)CO[C@@H]1O[C@H](CO[C@@H]2O[C@H](CO)[C@H](O)C(O)C2O)[C@H](O)C(O)C1O. The van der Waals surface area contributed by atoms with Crippen LogP contribution in [-0.2, 0) is 38.0 Å².